The maximum absolute atomic E-state index is 13.0. The Morgan fingerprint density at radius 2 is 1.91 bits per heavy atom. The van der Waals surface area contributed by atoms with Gasteiger partial charge in [-0.3, -0.25) is 19.3 Å². The van der Waals surface area contributed by atoms with Crippen molar-refractivity contribution < 1.29 is 24.5 Å². The van der Waals surface area contributed by atoms with Gasteiger partial charge in [-0.1, -0.05) is 46.8 Å². The Balaban J connectivity index is 0.000000661. The lowest BCUT2D eigenvalue weighted by molar-refractivity contribution is -0.126. The van der Waals surface area contributed by atoms with E-state index >= 15 is 0 Å². The standard InChI is InChI=1S/C25H38N6O4.C6H12O.C2H6/c1-3-31-22(6-7-27-31)18-4-5-20(24(14-18)35-13-12-30-10-8-26-9-11-30)21(17-32)28-25(34)23-15-19(33)16-29(23)2;1-5(2)6(3)4-7;1-2/h4-7,14,19,21,23,26,32-33H,3,8-13,15-17H2,1-2H3,(H,28,34);4-6H,1-3H3;1-2H3. The zero-order chi connectivity index (χ0) is 32.6. The Morgan fingerprint density at radius 3 is 2.45 bits per heavy atom. The summed E-state index contributed by atoms with van der Waals surface area (Å²) in [6.07, 6.45) is 2.63. The van der Waals surface area contributed by atoms with Crippen molar-refractivity contribution in [2.24, 2.45) is 11.8 Å². The van der Waals surface area contributed by atoms with Gasteiger partial charge in [-0.15, -0.1) is 0 Å². The van der Waals surface area contributed by atoms with Gasteiger partial charge in [-0.05, 0) is 38.4 Å². The zero-order valence-electron chi connectivity index (χ0n) is 27.8. The maximum Gasteiger partial charge on any atom is 0.238 e. The lowest BCUT2D eigenvalue weighted by Gasteiger charge is -2.28. The molecule has 1 aromatic carbocycles. The van der Waals surface area contributed by atoms with E-state index in [0.717, 1.165) is 62.4 Å². The largest absolute Gasteiger partial charge is 0.492 e. The summed E-state index contributed by atoms with van der Waals surface area (Å²) in [5.41, 5.74) is 2.68. The van der Waals surface area contributed by atoms with Crippen molar-refractivity contribution in [3.63, 3.8) is 0 Å². The first-order valence-corrected chi connectivity index (χ1v) is 16.1. The SMILES string of the molecule is CC.CC(C)C(C)C=O.CCn1nccc1-c1ccc(C(CO)NC(=O)C2CC(O)CN2C)c(OCCN2CCNCC2)c1. The highest BCUT2D eigenvalue weighted by Crippen LogP contribution is 2.32. The number of benzene rings is 1. The second kappa shape index (κ2) is 19.5. The number of aryl methyl sites for hydroxylation is 1. The molecule has 0 saturated carbocycles. The molecule has 1 amide bonds. The Kier molecular flexibility index (Phi) is 16.6. The number of likely N-dealkylation sites (tertiary alicyclic amines) is 1. The molecule has 2 saturated heterocycles. The van der Waals surface area contributed by atoms with Crippen molar-refractivity contribution in [3.05, 3.63) is 36.0 Å². The van der Waals surface area contributed by atoms with E-state index in [9.17, 15) is 19.8 Å². The molecule has 3 heterocycles. The fourth-order valence-corrected chi connectivity index (χ4v) is 5.08. The van der Waals surface area contributed by atoms with Crippen molar-refractivity contribution in [2.75, 3.05) is 59.5 Å². The van der Waals surface area contributed by atoms with E-state index < -0.39 is 18.2 Å². The van der Waals surface area contributed by atoms with Crippen LogP contribution in [0.2, 0.25) is 0 Å². The summed E-state index contributed by atoms with van der Waals surface area (Å²) >= 11 is 0. The third-order valence-corrected chi connectivity index (χ3v) is 8.17. The summed E-state index contributed by atoms with van der Waals surface area (Å²) in [6, 6.07) is 6.78. The molecule has 4 rings (SSSR count). The van der Waals surface area contributed by atoms with Crippen LogP contribution < -0.4 is 15.4 Å². The number of aliphatic hydroxyl groups is 2. The predicted octanol–water partition coefficient (Wildman–Crippen LogP) is 2.57. The molecule has 11 heteroatoms. The fourth-order valence-electron chi connectivity index (χ4n) is 5.08. The summed E-state index contributed by atoms with van der Waals surface area (Å²) in [5.74, 6) is 1.15. The van der Waals surface area contributed by atoms with Gasteiger partial charge in [-0.25, -0.2) is 0 Å². The van der Waals surface area contributed by atoms with Crippen LogP contribution in [-0.4, -0.2) is 114 Å². The van der Waals surface area contributed by atoms with E-state index in [2.05, 4.69) is 20.6 Å². The van der Waals surface area contributed by atoms with E-state index in [-0.39, 0.29) is 18.4 Å². The molecular formula is C33H56N6O5. The Labute approximate surface area is 263 Å². The van der Waals surface area contributed by atoms with Gasteiger partial charge < -0.3 is 30.4 Å². The van der Waals surface area contributed by atoms with Crippen molar-refractivity contribution in [1.29, 1.82) is 0 Å². The number of nitrogens with one attached hydrogen (secondary N) is 2. The third kappa shape index (κ3) is 11.0. The van der Waals surface area contributed by atoms with Gasteiger partial charge in [0.1, 0.15) is 18.6 Å². The molecule has 2 fully saturated rings. The summed E-state index contributed by atoms with van der Waals surface area (Å²) < 4.78 is 8.20. The van der Waals surface area contributed by atoms with Gasteiger partial charge in [0.05, 0.1) is 30.5 Å². The number of carbonyl (C=O) groups excluding carboxylic acids is 2. The number of β-amino-alcohol motifs (C(OH)–C–C–N with tert-alkyl or cyclic N) is 1. The van der Waals surface area contributed by atoms with Crippen molar-refractivity contribution in [1.82, 2.24) is 30.2 Å². The number of hydrogen-bond donors (Lipinski definition) is 4. The first-order valence-electron chi connectivity index (χ1n) is 16.1. The summed E-state index contributed by atoms with van der Waals surface area (Å²) in [7, 11) is 1.82. The molecule has 0 bridgehead atoms. The number of aliphatic hydroxyl groups excluding tert-OH is 2. The van der Waals surface area contributed by atoms with Gasteiger partial charge in [-0.2, -0.15) is 5.10 Å². The van der Waals surface area contributed by atoms with Gasteiger partial charge in [0.15, 0.2) is 0 Å². The van der Waals surface area contributed by atoms with Crippen LogP contribution in [0.25, 0.3) is 11.3 Å². The molecule has 0 radical (unpaired) electrons. The predicted molar refractivity (Wildman–Crippen MR) is 175 cm³/mol. The molecule has 1 aromatic heterocycles. The second-order valence-corrected chi connectivity index (χ2v) is 11.6. The number of piperazine rings is 1. The molecule has 11 nitrogen and oxygen atoms in total. The minimum atomic E-state index is -0.618. The maximum atomic E-state index is 13.0. The number of aromatic nitrogens is 2. The molecule has 2 aliphatic heterocycles. The van der Waals surface area contributed by atoms with Crippen LogP contribution in [0.4, 0.5) is 0 Å². The Bertz CT molecular complexity index is 1120. The number of likely N-dealkylation sites (N-methyl/N-ethyl adjacent to an activating group) is 1. The van der Waals surface area contributed by atoms with Crippen molar-refractivity contribution in [2.45, 2.75) is 72.7 Å². The van der Waals surface area contributed by atoms with E-state index in [0.29, 0.717) is 31.2 Å². The van der Waals surface area contributed by atoms with Gasteiger partial charge in [0.2, 0.25) is 5.91 Å². The normalized spacial score (nSPS) is 20.1. The van der Waals surface area contributed by atoms with Crippen LogP contribution in [-0.2, 0) is 16.1 Å². The summed E-state index contributed by atoms with van der Waals surface area (Å²) in [5, 5.41) is 30.9. The summed E-state index contributed by atoms with van der Waals surface area (Å²) in [4.78, 5) is 27.1. The van der Waals surface area contributed by atoms with Crippen LogP contribution in [0.15, 0.2) is 30.5 Å². The molecule has 248 valence electrons. The van der Waals surface area contributed by atoms with E-state index in [1.54, 1.807) is 6.20 Å². The molecule has 2 aliphatic rings. The number of rotatable bonds is 12. The van der Waals surface area contributed by atoms with Crippen molar-refractivity contribution >= 4 is 12.2 Å². The average molecular weight is 617 g/mol. The highest BCUT2D eigenvalue weighted by Gasteiger charge is 2.34. The van der Waals surface area contributed by atoms with Crippen LogP contribution in [0.3, 0.4) is 0 Å². The van der Waals surface area contributed by atoms with Crippen LogP contribution >= 0.6 is 0 Å². The molecule has 4 atom stereocenters. The quantitative estimate of drug-likeness (QED) is 0.266. The second-order valence-electron chi connectivity index (χ2n) is 11.6. The average Bonchev–Trinajstić information content (AvgIpc) is 3.66. The van der Waals surface area contributed by atoms with Gasteiger partial charge in [0, 0.05) is 69.1 Å². The number of carbonyl (C=O) groups is 2. The van der Waals surface area contributed by atoms with E-state index in [1.165, 1.54) is 0 Å². The molecule has 2 aromatic rings. The van der Waals surface area contributed by atoms with Gasteiger partial charge in [0.25, 0.3) is 0 Å². The smallest absolute Gasteiger partial charge is 0.238 e. The minimum absolute atomic E-state index is 0.206. The number of aldehydes is 1. The van der Waals surface area contributed by atoms with E-state index in [1.807, 2.05) is 82.4 Å². The number of nitrogens with zero attached hydrogens (tertiary/aromatic N) is 4. The van der Waals surface area contributed by atoms with Crippen molar-refractivity contribution in [3.8, 4) is 17.0 Å². The molecule has 0 aliphatic carbocycles. The lowest BCUT2D eigenvalue weighted by Crippen LogP contribution is -2.45. The topological polar surface area (TPSA) is 132 Å². The molecule has 0 spiro atoms. The first-order chi connectivity index (χ1) is 21.2. The molecule has 44 heavy (non-hydrogen) atoms. The van der Waals surface area contributed by atoms with Crippen LogP contribution in [0.5, 0.6) is 5.75 Å². The number of amides is 1. The first kappa shape index (κ1) is 37.4. The zero-order valence-corrected chi connectivity index (χ0v) is 27.8. The fraction of sp³-hybridized carbons (Fsp3) is 0.667. The van der Waals surface area contributed by atoms with Crippen LogP contribution in [0.1, 0.15) is 59.6 Å². The minimum Gasteiger partial charge on any atom is -0.492 e. The van der Waals surface area contributed by atoms with Gasteiger partial charge >= 0.3 is 0 Å². The summed E-state index contributed by atoms with van der Waals surface area (Å²) in [6.45, 7) is 18.2. The highest BCUT2D eigenvalue weighted by atomic mass is 16.5. The highest BCUT2D eigenvalue weighted by molar-refractivity contribution is 5.82. The van der Waals surface area contributed by atoms with Crippen LogP contribution in [0, 0.1) is 11.8 Å². The lowest BCUT2D eigenvalue weighted by atomic mass is 10.0. The number of ether oxygens (including phenoxy) is 1. The molecule has 4 N–H and O–H groups in total. The Morgan fingerprint density at radius 1 is 1.20 bits per heavy atom. The van der Waals surface area contributed by atoms with E-state index in [4.69, 9.17) is 4.74 Å². The monoisotopic (exact) mass is 616 g/mol. The molecular weight excluding hydrogens is 560 g/mol. The molecule has 4 unspecified atom stereocenters. The Hall–Kier alpha value is -2.83. The number of hydrogen-bond acceptors (Lipinski definition) is 9. The third-order valence-electron chi connectivity index (χ3n) is 8.17.